The van der Waals surface area contributed by atoms with E-state index < -0.39 is 0 Å². The van der Waals surface area contributed by atoms with Gasteiger partial charge in [-0.05, 0) is 30.7 Å². The number of benzene rings is 1. The number of nitrogens with two attached hydrogens (primary N) is 1. The molecule has 0 aliphatic carbocycles. The van der Waals surface area contributed by atoms with Crippen molar-refractivity contribution in [2.45, 2.75) is 6.92 Å². The molecule has 0 fully saturated rings. The van der Waals surface area contributed by atoms with Crippen molar-refractivity contribution in [1.82, 2.24) is 24.7 Å². The second kappa shape index (κ2) is 5.37. The predicted octanol–water partition coefficient (Wildman–Crippen LogP) is 2.34. The van der Waals surface area contributed by atoms with Crippen LogP contribution in [-0.4, -0.2) is 24.7 Å². The zero-order chi connectivity index (χ0) is 14.8. The first-order chi connectivity index (χ1) is 10.1. The summed E-state index contributed by atoms with van der Waals surface area (Å²) >= 11 is 6.18. The van der Waals surface area contributed by atoms with Crippen LogP contribution < -0.4 is 11.1 Å². The van der Waals surface area contributed by atoms with Gasteiger partial charge in [0.15, 0.2) is 0 Å². The Labute approximate surface area is 125 Å². The Morgan fingerprint density at radius 3 is 2.81 bits per heavy atom. The number of rotatable bonds is 3. The lowest BCUT2D eigenvalue weighted by molar-refractivity contribution is 0.801. The van der Waals surface area contributed by atoms with E-state index >= 15 is 0 Å². The van der Waals surface area contributed by atoms with Crippen molar-refractivity contribution in [2.75, 3.05) is 11.1 Å². The molecular weight excluding hydrogens is 290 g/mol. The molecule has 3 aromatic rings. The summed E-state index contributed by atoms with van der Waals surface area (Å²) in [5.41, 5.74) is 7.47. The first-order valence-corrected chi connectivity index (χ1v) is 6.54. The first-order valence-electron chi connectivity index (χ1n) is 6.16. The summed E-state index contributed by atoms with van der Waals surface area (Å²) in [5.74, 6) is 0.734. The van der Waals surface area contributed by atoms with Crippen molar-refractivity contribution in [3.05, 3.63) is 47.2 Å². The minimum absolute atomic E-state index is 0.0984. The maximum Gasteiger partial charge on any atom is 0.257 e. The Kier molecular flexibility index (Phi) is 3.41. The lowest BCUT2D eigenvalue weighted by atomic mass is 10.2. The Balaban J connectivity index is 1.95. The second-order valence-corrected chi connectivity index (χ2v) is 4.78. The number of aryl methyl sites for hydroxylation is 1. The van der Waals surface area contributed by atoms with Crippen LogP contribution in [0.15, 0.2) is 36.7 Å². The minimum atomic E-state index is 0.0984. The van der Waals surface area contributed by atoms with Gasteiger partial charge in [0.1, 0.15) is 0 Å². The standard InChI is InChI=1S/C13H12ClN7/c1-8-3-4-10(9(14)7-8)17-12-18-11(15)19-13(20-12)21-6-2-5-16-21/h2-7H,1H3,(H3,15,17,18,19,20). The third-order valence-electron chi connectivity index (χ3n) is 2.72. The van der Waals surface area contributed by atoms with Crippen LogP contribution in [0.25, 0.3) is 5.95 Å². The molecule has 2 heterocycles. The number of anilines is 3. The highest BCUT2D eigenvalue weighted by atomic mass is 35.5. The maximum atomic E-state index is 6.18. The highest BCUT2D eigenvalue weighted by Crippen LogP contribution is 2.25. The van der Waals surface area contributed by atoms with Gasteiger partial charge in [0, 0.05) is 12.4 Å². The molecule has 8 heteroatoms. The van der Waals surface area contributed by atoms with E-state index in [1.807, 2.05) is 25.1 Å². The topological polar surface area (TPSA) is 94.5 Å². The number of hydrogen-bond acceptors (Lipinski definition) is 6. The number of nitrogens with zero attached hydrogens (tertiary/aromatic N) is 5. The van der Waals surface area contributed by atoms with Crippen LogP contribution in [0.4, 0.5) is 17.6 Å². The van der Waals surface area contributed by atoms with Gasteiger partial charge in [0.2, 0.25) is 11.9 Å². The van der Waals surface area contributed by atoms with E-state index in [0.29, 0.717) is 22.6 Å². The van der Waals surface area contributed by atoms with Gasteiger partial charge in [0.25, 0.3) is 5.95 Å². The Hall–Kier alpha value is -2.67. The Bertz CT molecular complexity index is 770. The summed E-state index contributed by atoms with van der Waals surface area (Å²) in [5, 5.41) is 7.67. The van der Waals surface area contributed by atoms with Gasteiger partial charge in [-0.1, -0.05) is 17.7 Å². The summed E-state index contributed by atoms with van der Waals surface area (Å²) in [6.45, 7) is 1.96. The summed E-state index contributed by atoms with van der Waals surface area (Å²) in [6, 6.07) is 7.41. The van der Waals surface area contributed by atoms with Crippen molar-refractivity contribution in [1.29, 1.82) is 0 Å². The zero-order valence-corrected chi connectivity index (χ0v) is 11.9. The molecule has 3 N–H and O–H groups in total. The molecule has 0 unspecified atom stereocenters. The van der Waals surface area contributed by atoms with Gasteiger partial charge in [0.05, 0.1) is 10.7 Å². The summed E-state index contributed by atoms with van der Waals surface area (Å²) in [4.78, 5) is 12.3. The Morgan fingerprint density at radius 1 is 1.24 bits per heavy atom. The van der Waals surface area contributed by atoms with Crippen molar-refractivity contribution >= 4 is 29.2 Å². The van der Waals surface area contributed by atoms with Gasteiger partial charge in [-0.25, -0.2) is 4.68 Å². The van der Waals surface area contributed by atoms with Crippen molar-refractivity contribution in [3.8, 4) is 5.95 Å². The summed E-state index contributed by atoms with van der Waals surface area (Å²) in [6.07, 6.45) is 3.35. The summed E-state index contributed by atoms with van der Waals surface area (Å²) < 4.78 is 1.50. The van der Waals surface area contributed by atoms with Crippen LogP contribution in [0.1, 0.15) is 5.56 Å². The molecule has 7 nitrogen and oxygen atoms in total. The molecule has 0 aliphatic rings. The van der Waals surface area contributed by atoms with Crippen LogP contribution >= 0.6 is 11.6 Å². The molecule has 3 rings (SSSR count). The molecule has 0 saturated carbocycles. The molecule has 2 aromatic heterocycles. The fourth-order valence-corrected chi connectivity index (χ4v) is 2.05. The Morgan fingerprint density at radius 2 is 2.10 bits per heavy atom. The quantitative estimate of drug-likeness (QED) is 0.771. The summed E-state index contributed by atoms with van der Waals surface area (Å²) in [7, 11) is 0. The van der Waals surface area contributed by atoms with Gasteiger partial charge < -0.3 is 11.1 Å². The van der Waals surface area contributed by atoms with E-state index in [-0.39, 0.29) is 5.95 Å². The first kappa shape index (κ1) is 13.3. The maximum absolute atomic E-state index is 6.18. The third-order valence-corrected chi connectivity index (χ3v) is 3.03. The minimum Gasteiger partial charge on any atom is -0.368 e. The van der Waals surface area contributed by atoms with Gasteiger partial charge in [-0.2, -0.15) is 20.1 Å². The predicted molar refractivity (Wildman–Crippen MR) is 80.8 cm³/mol. The van der Waals surface area contributed by atoms with Crippen molar-refractivity contribution in [2.24, 2.45) is 0 Å². The van der Waals surface area contributed by atoms with E-state index in [0.717, 1.165) is 5.56 Å². The zero-order valence-electron chi connectivity index (χ0n) is 11.2. The molecule has 0 aliphatic heterocycles. The largest absolute Gasteiger partial charge is 0.368 e. The number of nitrogens with one attached hydrogen (secondary N) is 1. The second-order valence-electron chi connectivity index (χ2n) is 4.38. The lowest BCUT2D eigenvalue weighted by Crippen LogP contribution is -2.09. The fourth-order valence-electron chi connectivity index (χ4n) is 1.77. The van der Waals surface area contributed by atoms with E-state index in [9.17, 15) is 0 Å². The highest BCUT2D eigenvalue weighted by molar-refractivity contribution is 6.33. The van der Waals surface area contributed by atoms with Gasteiger partial charge >= 0.3 is 0 Å². The monoisotopic (exact) mass is 301 g/mol. The van der Waals surface area contributed by atoms with Crippen LogP contribution in [0, 0.1) is 6.92 Å². The van der Waals surface area contributed by atoms with Crippen molar-refractivity contribution < 1.29 is 0 Å². The SMILES string of the molecule is Cc1ccc(Nc2nc(N)nc(-n3cccn3)n2)c(Cl)c1. The highest BCUT2D eigenvalue weighted by Gasteiger charge is 2.08. The molecule has 0 spiro atoms. The van der Waals surface area contributed by atoms with Crippen LogP contribution in [-0.2, 0) is 0 Å². The van der Waals surface area contributed by atoms with Crippen LogP contribution in [0.2, 0.25) is 5.02 Å². The molecule has 106 valence electrons. The average Bonchev–Trinajstić information content (AvgIpc) is 2.95. The molecular formula is C13H12ClN7. The molecule has 0 bridgehead atoms. The number of halogens is 1. The van der Waals surface area contributed by atoms with Gasteiger partial charge in [-0.15, -0.1) is 0 Å². The molecule has 0 atom stereocenters. The fraction of sp³-hybridized carbons (Fsp3) is 0.0769. The van der Waals surface area contributed by atoms with Gasteiger partial charge in [-0.3, -0.25) is 0 Å². The third kappa shape index (κ3) is 2.92. The molecule has 0 radical (unpaired) electrons. The average molecular weight is 302 g/mol. The normalized spacial score (nSPS) is 10.6. The van der Waals surface area contributed by atoms with E-state index in [1.165, 1.54) is 4.68 Å². The number of aromatic nitrogens is 5. The van der Waals surface area contributed by atoms with E-state index in [2.05, 4.69) is 25.4 Å². The van der Waals surface area contributed by atoms with Crippen LogP contribution in [0.3, 0.4) is 0 Å². The van der Waals surface area contributed by atoms with E-state index in [4.69, 9.17) is 17.3 Å². The molecule has 1 aromatic carbocycles. The molecule has 21 heavy (non-hydrogen) atoms. The molecule has 0 saturated heterocycles. The van der Waals surface area contributed by atoms with Crippen LogP contribution in [0.5, 0.6) is 0 Å². The number of nitrogen functional groups attached to an aromatic ring is 1. The lowest BCUT2D eigenvalue weighted by Gasteiger charge is -2.09. The van der Waals surface area contributed by atoms with E-state index in [1.54, 1.807) is 18.5 Å². The molecule has 0 amide bonds. The smallest absolute Gasteiger partial charge is 0.257 e. The van der Waals surface area contributed by atoms with Crippen molar-refractivity contribution in [3.63, 3.8) is 0 Å². The number of hydrogen-bond donors (Lipinski definition) is 2.